The van der Waals surface area contributed by atoms with E-state index in [0.717, 1.165) is 5.56 Å². The lowest BCUT2D eigenvalue weighted by molar-refractivity contribution is -0.133. The summed E-state index contributed by atoms with van der Waals surface area (Å²) in [5, 5.41) is 5.42. The first kappa shape index (κ1) is 20.3. The normalized spacial score (nSPS) is 10.1. The van der Waals surface area contributed by atoms with Gasteiger partial charge in [0, 0.05) is 16.8 Å². The van der Waals surface area contributed by atoms with Crippen molar-refractivity contribution in [2.45, 2.75) is 13.8 Å². The zero-order valence-electron chi connectivity index (χ0n) is 15.1. The van der Waals surface area contributed by atoms with E-state index in [4.69, 9.17) is 21.1 Å². The van der Waals surface area contributed by atoms with Crippen LogP contribution in [0.3, 0.4) is 0 Å². The van der Waals surface area contributed by atoms with Crippen molar-refractivity contribution >= 4 is 40.8 Å². The lowest BCUT2D eigenvalue weighted by atomic mass is 10.2. The summed E-state index contributed by atoms with van der Waals surface area (Å²) in [5.41, 5.74) is 1.77. The van der Waals surface area contributed by atoms with E-state index in [1.165, 1.54) is 31.4 Å². The minimum atomic E-state index is -0.871. The summed E-state index contributed by atoms with van der Waals surface area (Å²) >= 11 is 6.02. The van der Waals surface area contributed by atoms with Gasteiger partial charge in [-0.2, -0.15) is 0 Å². The number of carbonyl (C=O) groups is 3. The van der Waals surface area contributed by atoms with Crippen molar-refractivity contribution in [2.75, 3.05) is 24.4 Å². The number of anilines is 2. The van der Waals surface area contributed by atoms with Gasteiger partial charge in [0.1, 0.15) is 5.75 Å². The van der Waals surface area contributed by atoms with Crippen LogP contribution in [0, 0.1) is 6.92 Å². The van der Waals surface area contributed by atoms with Crippen molar-refractivity contribution < 1.29 is 23.9 Å². The molecule has 0 saturated heterocycles. The third-order valence-corrected chi connectivity index (χ3v) is 4.00. The van der Waals surface area contributed by atoms with Crippen LogP contribution in [0.5, 0.6) is 5.75 Å². The molecule has 27 heavy (non-hydrogen) atoms. The van der Waals surface area contributed by atoms with E-state index in [2.05, 4.69) is 10.6 Å². The molecule has 7 nitrogen and oxygen atoms in total. The van der Waals surface area contributed by atoms with Crippen LogP contribution in [0.15, 0.2) is 36.4 Å². The molecule has 0 aliphatic rings. The summed E-state index contributed by atoms with van der Waals surface area (Å²) in [5.74, 6) is -1.86. The molecular weight excluding hydrogens is 372 g/mol. The third-order valence-electron chi connectivity index (χ3n) is 3.59. The Bertz CT molecular complexity index is 865. The maximum absolute atomic E-state index is 12.2. The van der Waals surface area contributed by atoms with Crippen molar-refractivity contribution in [1.82, 2.24) is 0 Å². The highest BCUT2D eigenvalue weighted by molar-refractivity contribution is 6.43. The fourth-order valence-electron chi connectivity index (χ4n) is 2.20. The highest BCUT2D eigenvalue weighted by Gasteiger charge is 2.17. The largest absolute Gasteiger partial charge is 0.495 e. The Morgan fingerprint density at radius 3 is 2.26 bits per heavy atom. The SMILES string of the molecule is CCOC(=O)c1ccc(NC(=O)C(=O)Nc2cc(C)c(Cl)cc2OC)cc1. The van der Waals surface area contributed by atoms with Gasteiger partial charge in [-0.05, 0) is 49.7 Å². The second kappa shape index (κ2) is 9.05. The Morgan fingerprint density at radius 2 is 1.67 bits per heavy atom. The van der Waals surface area contributed by atoms with Crippen LogP contribution in [0.4, 0.5) is 11.4 Å². The summed E-state index contributed by atoms with van der Waals surface area (Å²) in [6.07, 6.45) is 0. The number of methoxy groups -OCH3 is 1. The van der Waals surface area contributed by atoms with Crippen LogP contribution in [-0.4, -0.2) is 31.5 Å². The first-order chi connectivity index (χ1) is 12.8. The number of carbonyl (C=O) groups excluding carboxylic acids is 3. The van der Waals surface area contributed by atoms with Gasteiger partial charge < -0.3 is 20.1 Å². The van der Waals surface area contributed by atoms with Crippen molar-refractivity contribution in [3.05, 3.63) is 52.5 Å². The van der Waals surface area contributed by atoms with Crippen LogP contribution in [-0.2, 0) is 14.3 Å². The smallest absolute Gasteiger partial charge is 0.338 e. The monoisotopic (exact) mass is 390 g/mol. The fourth-order valence-corrected chi connectivity index (χ4v) is 2.35. The molecule has 142 valence electrons. The zero-order valence-corrected chi connectivity index (χ0v) is 15.8. The summed E-state index contributed by atoms with van der Waals surface area (Å²) in [6, 6.07) is 9.17. The molecule has 0 heterocycles. The maximum Gasteiger partial charge on any atom is 0.338 e. The van der Waals surface area contributed by atoms with E-state index < -0.39 is 17.8 Å². The average Bonchev–Trinajstić information content (AvgIpc) is 2.65. The van der Waals surface area contributed by atoms with Crippen LogP contribution in [0.2, 0.25) is 5.02 Å². The van der Waals surface area contributed by atoms with Gasteiger partial charge in [-0.25, -0.2) is 4.79 Å². The van der Waals surface area contributed by atoms with Gasteiger partial charge in [0.2, 0.25) is 0 Å². The number of benzene rings is 2. The summed E-state index contributed by atoms with van der Waals surface area (Å²) < 4.78 is 10.0. The number of nitrogens with one attached hydrogen (secondary N) is 2. The fraction of sp³-hybridized carbons (Fsp3) is 0.211. The zero-order chi connectivity index (χ0) is 20.0. The van der Waals surface area contributed by atoms with E-state index in [9.17, 15) is 14.4 Å². The van der Waals surface area contributed by atoms with Gasteiger partial charge in [-0.3, -0.25) is 9.59 Å². The van der Waals surface area contributed by atoms with E-state index in [-0.39, 0.29) is 6.61 Å². The third kappa shape index (κ3) is 5.21. The molecule has 0 fully saturated rings. The maximum atomic E-state index is 12.2. The molecule has 0 aliphatic carbocycles. The molecule has 0 unspecified atom stereocenters. The van der Waals surface area contributed by atoms with E-state index >= 15 is 0 Å². The van der Waals surface area contributed by atoms with Crippen LogP contribution in [0.25, 0.3) is 0 Å². The molecule has 0 saturated carbocycles. The summed E-state index contributed by atoms with van der Waals surface area (Å²) in [4.78, 5) is 35.9. The number of hydrogen-bond donors (Lipinski definition) is 2. The molecule has 0 aromatic heterocycles. The quantitative estimate of drug-likeness (QED) is 0.602. The topological polar surface area (TPSA) is 93.7 Å². The average molecular weight is 391 g/mol. The molecule has 0 aliphatic heterocycles. The van der Waals surface area contributed by atoms with Crippen molar-refractivity contribution in [2.24, 2.45) is 0 Å². The molecule has 2 rings (SSSR count). The number of esters is 1. The molecular formula is C19H19ClN2O5. The highest BCUT2D eigenvalue weighted by Crippen LogP contribution is 2.30. The molecule has 2 aromatic rings. The molecule has 0 spiro atoms. The number of hydrogen-bond acceptors (Lipinski definition) is 5. The Labute approximate surface area is 161 Å². The van der Waals surface area contributed by atoms with Gasteiger partial charge >= 0.3 is 17.8 Å². The lowest BCUT2D eigenvalue weighted by Gasteiger charge is -2.12. The Morgan fingerprint density at radius 1 is 1.04 bits per heavy atom. The van der Waals surface area contributed by atoms with Crippen LogP contribution < -0.4 is 15.4 Å². The molecule has 2 aromatic carbocycles. The van der Waals surface area contributed by atoms with Gasteiger partial charge in [0.15, 0.2) is 0 Å². The summed E-state index contributed by atoms with van der Waals surface area (Å²) in [7, 11) is 1.43. The standard InChI is InChI=1S/C19H19ClN2O5/c1-4-27-19(25)12-5-7-13(8-6-12)21-17(23)18(24)22-15-9-11(2)14(20)10-16(15)26-3/h5-10H,4H2,1-3H3,(H,21,23)(H,22,24). The van der Waals surface area contributed by atoms with Gasteiger partial charge in [-0.1, -0.05) is 11.6 Å². The Hall–Kier alpha value is -3.06. The second-order valence-electron chi connectivity index (χ2n) is 5.51. The van der Waals surface area contributed by atoms with Crippen molar-refractivity contribution in [3.63, 3.8) is 0 Å². The first-order valence-corrected chi connectivity index (χ1v) is 8.47. The molecule has 0 bridgehead atoms. The predicted molar refractivity (Wildman–Crippen MR) is 102 cm³/mol. The van der Waals surface area contributed by atoms with E-state index in [1.807, 2.05) is 0 Å². The molecule has 8 heteroatoms. The number of halogens is 1. The minimum absolute atomic E-state index is 0.269. The predicted octanol–water partition coefficient (Wildman–Crippen LogP) is 3.41. The number of aryl methyl sites for hydroxylation is 1. The molecule has 2 amide bonds. The van der Waals surface area contributed by atoms with Crippen molar-refractivity contribution in [1.29, 1.82) is 0 Å². The minimum Gasteiger partial charge on any atom is -0.495 e. The van der Waals surface area contributed by atoms with Crippen molar-refractivity contribution in [3.8, 4) is 5.75 Å². The first-order valence-electron chi connectivity index (χ1n) is 8.09. The van der Waals surface area contributed by atoms with Crippen LogP contribution in [0.1, 0.15) is 22.8 Å². The second-order valence-corrected chi connectivity index (χ2v) is 5.91. The molecule has 2 N–H and O–H groups in total. The molecule has 0 atom stereocenters. The Balaban J connectivity index is 2.05. The number of amides is 2. The van der Waals surface area contributed by atoms with Gasteiger partial charge in [0.05, 0.1) is 25.0 Å². The van der Waals surface area contributed by atoms with Gasteiger partial charge in [0.25, 0.3) is 0 Å². The number of ether oxygens (including phenoxy) is 2. The van der Waals surface area contributed by atoms with Crippen LogP contribution >= 0.6 is 11.6 Å². The van der Waals surface area contributed by atoms with E-state index in [1.54, 1.807) is 26.0 Å². The lowest BCUT2D eigenvalue weighted by Crippen LogP contribution is -2.29. The van der Waals surface area contributed by atoms with E-state index in [0.29, 0.717) is 27.7 Å². The Kier molecular flexibility index (Phi) is 6.79. The highest BCUT2D eigenvalue weighted by atomic mass is 35.5. The summed E-state index contributed by atoms with van der Waals surface area (Å²) in [6.45, 7) is 3.75. The number of rotatable bonds is 5. The van der Waals surface area contributed by atoms with Gasteiger partial charge in [-0.15, -0.1) is 0 Å². The molecule has 0 radical (unpaired) electrons.